The van der Waals surface area contributed by atoms with Crippen LogP contribution in [0.4, 0.5) is 0 Å². The molecule has 0 spiro atoms. The molecule has 3 heteroatoms. The Morgan fingerprint density at radius 1 is 1.31 bits per heavy atom. The van der Waals surface area contributed by atoms with E-state index in [-0.39, 0.29) is 0 Å². The van der Waals surface area contributed by atoms with Crippen LogP contribution in [-0.4, -0.2) is 4.98 Å². The molecule has 2 aromatic rings. The molecule has 2 rings (SSSR count). The van der Waals surface area contributed by atoms with Crippen molar-refractivity contribution < 1.29 is 0 Å². The fourth-order valence-corrected chi connectivity index (χ4v) is 3.09. The van der Waals surface area contributed by atoms with Crippen LogP contribution in [0.15, 0.2) is 28.1 Å². The highest BCUT2D eigenvalue weighted by molar-refractivity contribution is 9.10. The van der Waals surface area contributed by atoms with Crippen LogP contribution in [0.5, 0.6) is 0 Å². The molecular weight excluding hydrogens is 282 g/mol. The minimum atomic E-state index is 0.501. The quantitative estimate of drug-likeness (QED) is 0.759. The van der Waals surface area contributed by atoms with Crippen molar-refractivity contribution in [2.75, 3.05) is 0 Å². The lowest BCUT2D eigenvalue weighted by molar-refractivity contribution is 0.834. The van der Waals surface area contributed by atoms with Crippen molar-refractivity contribution in [3.05, 3.63) is 39.3 Å². The molecule has 1 nitrogen and oxygen atoms in total. The molecule has 1 aromatic heterocycles. The Bertz CT molecular complexity index is 502. The van der Waals surface area contributed by atoms with Gasteiger partial charge in [0.1, 0.15) is 5.01 Å². The van der Waals surface area contributed by atoms with Crippen LogP contribution in [0.1, 0.15) is 31.0 Å². The van der Waals surface area contributed by atoms with Crippen molar-refractivity contribution in [2.45, 2.75) is 26.7 Å². The van der Waals surface area contributed by atoms with Gasteiger partial charge in [-0.3, -0.25) is 0 Å². The van der Waals surface area contributed by atoms with E-state index in [9.17, 15) is 0 Å². The van der Waals surface area contributed by atoms with Crippen LogP contribution in [0.2, 0.25) is 0 Å². The lowest BCUT2D eigenvalue weighted by Gasteiger charge is -2.03. The molecule has 0 aliphatic heterocycles. The molecule has 0 atom stereocenters. The highest BCUT2D eigenvalue weighted by Gasteiger charge is 2.09. The molecule has 0 aliphatic carbocycles. The van der Waals surface area contributed by atoms with E-state index >= 15 is 0 Å². The Morgan fingerprint density at radius 2 is 2.06 bits per heavy atom. The van der Waals surface area contributed by atoms with Gasteiger partial charge in [-0.1, -0.05) is 35.8 Å². The predicted molar refractivity (Wildman–Crippen MR) is 74.1 cm³/mol. The fraction of sp³-hybridized carbons (Fsp3) is 0.308. The summed E-state index contributed by atoms with van der Waals surface area (Å²) in [4.78, 5) is 4.67. The fourth-order valence-electron chi connectivity index (χ4n) is 1.54. The van der Waals surface area contributed by atoms with Crippen molar-refractivity contribution in [1.29, 1.82) is 0 Å². The van der Waals surface area contributed by atoms with Crippen molar-refractivity contribution in [2.24, 2.45) is 0 Å². The number of nitrogens with zero attached hydrogens (tertiary/aromatic N) is 1. The third-order valence-electron chi connectivity index (χ3n) is 2.53. The van der Waals surface area contributed by atoms with E-state index in [1.807, 2.05) is 0 Å². The summed E-state index contributed by atoms with van der Waals surface area (Å²) in [6, 6.07) is 6.33. The minimum absolute atomic E-state index is 0.501. The number of hydrogen-bond acceptors (Lipinski definition) is 2. The van der Waals surface area contributed by atoms with Gasteiger partial charge in [-0.15, -0.1) is 11.3 Å². The highest BCUT2D eigenvalue weighted by atomic mass is 79.9. The second kappa shape index (κ2) is 4.68. The third-order valence-corrected chi connectivity index (χ3v) is 3.92. The van der Waals surface area contributed by atoms with E-state index in [1.54, 1.807) is 11.3 Å². The Morgan fingerprint density at radius 3 is 2.62 bits per heavy atom. The number of aromatic nitrogens is 1. The number of halogens is 1. The van der Waals surface area contributed by atoms with Crippen molar-refractivity contribution in [3.8, 4) is 10.6 Å². The van der Waals surface area contributed by atoms with Gasteiger partial charge in [0.25, 0.3) is 0 Å². The highest BCUT2D eigenvalue weighted by Crippen LogP contribution is 2.30. The summed E-state index contributed by atoms with van der Waals surface area (Å²) in [5, 5.41) is 3.27. The molecule has 0 unspecified atom stereocenters. The van der Waals surface area contributed by atoms with Crippen LogP contribution in [0, 0.1) is 6.92 Å². The molecule has 1 heterocycles. The summed E-state index contributed by atoms with van der Waals surface area (Å²) in [5.41, 5.74) is 3.68. The van der Waals surface area contributed by atoms with Gasteiger partial charge in [0.05, 0.1) is 5.69 Å². The molecule has 0 saturated heterocycles. The van der Waals surface area contributed by atoms with E-state index in [0.717, 1.165) is 9.48 Å². The van der Waals surface area contributed by atoms with Crippen molar-refractivity contribution >= 4 is 27.3 Å². The van der Waals surface area contributed by atoms with E-state index in [2.05, 4.69) is 65.3 Å². The molecule has 0 amide bonds. The molecule has 1 aromatic carbocycles. The number of benzene rings is 1. The average Bonchev–Trinajstić information content (AvgIpc) is 2.66. The van der Waals surface area contributed by atoms with Crippen LogP contribution in [-0.2, 0) is 0 Å². The minimum Gasteiger partial charge on any atom is -0.241 e. The van der Waals surface area contributed by atoms with E-state index in [1.165, 1.54) is 16.8 Å². The van der Waals surface area contributed by atoms with E-state index in [4.69, 9.17) is 0 Å². The van der Waals surface area contributed by atoms with Crippen molar-refractivity contribution in [3.63, 3.8) is 0 Å². The lowest BCUT2D eigenvalue weighted by atomic mass is 10.1. The van der Waals surface area contributed by atoms with Gasteiger partial charge in [0, 0.05) is 15.4 Å². The maximum Gasteiger partial charge on any atom is 0.123 e. The summed E-state index contributed by atoms with van der Waals surface area (Å²) in [6.07, 6.45) is 0. The van der Waals surface area contributed by atoms with Gasteiger partial charge in [-0.2, -0.15) is 0 Å². The molecule has 0 N–H and O–H groups in total. The summed E-state index contributed by atoms with van der Waals surface area (Å²) < 4.78 is 1.12. The van der Waals surface area contributed by atoms with Gasteiger partial charge < -0.3 is 0 Å². The Hall–Kier alpha value is -0.670. The standard InChI is InChI=1S/C13H14BrNS/c1-8(2)12-7-16-13(15-12)11-5-4-10(14)6-9(11)3/h4-8H,1-3H3. The van der Waals surface area contributed by atoms with Crippen LogP contribution >= 0.6 is 27.3 Å². The third kappa shape index (κ3) is 2.36. The summed E-state index contributed by atoms with van der Waals surface area (Å²) >= 11 is 5.20. The van der Waals surface area contributed by atoms with E-state index < -0.39 is 0 Å². The normalized spacial score (nSPS) is 11.1. The monoisotopic (exact) mass is 295 g/mol. The first-order valence-corrected chi connectivity index (χ1v) is 6.97. The predicted octanol–water partition coefficient (Wildman–Crippen LogP) is 5.00. The van der Waals surface area contributed by atoms with Gasteiger partial charge in [0.15, 0.2) is 0 Å². The second-order valence-corrected chi connectivity index (χ2v) is 5.97. The van der Waals surface area contributed by atoms with Crippen LogP contribution < -0.4 is 0 Å². The maximum absolute atomic E-state index is 4.67. The number of thiazole rings is 1. The zero-order chi connectivity index (χ0) is 11.7. The molecular formula is C13H14BrNS. The zero-order valence-electron chi connectivity index (χ0n) is 9.62. The SMILES string of the molecule is Cc1cc(Br)ccc1-c1nc(C(C)C)cs1. The Labute approximate surface area is 109 Å². The summed E-state index contributed by atoms with van der Waals surface area (Å²) in [5.74, 6) is 0.501. The lowest BCUT2D eigenvalue weighted by Crippen LogP contribution is -1.88. The first-order valence-electron chi connectivity index (χ1n) is 5.30. The molecule has 16 heavy (non-hydrogen) atoms. The zero-order valence-corrected chi connectivity index (χ0v) is 12.0. The van der Waals surface area contributed by atoms with Crippen LogP contribution in [0.3, 0.4) is 0 Å². The number of hydrogen-bond donors (Lipinski definition) is 0. The Balaban J connectivity index is 2.42. The smallest absolute Gasteiger partial charge is 0.123 e. The van der Waals surface area contributed by atoms with Gasteiger partial charge in [-0.25, -0.2) is 4.98 Å². The first kappa shape index (κ1) is 11.8. The maximum atomic E-state index is 4.67. The molecule has 0 saturated carbocycles. The summed E-state index contributed by atoms with van der Waals surface area (Å²) in [7, 11) is 0. The molecule has 0 fully saturated rings. The van der Waals surface area contributed by atoms with Crippen LogP contribution in [0.25, 0.3) is 10.6 Å². The van der Waals surface area contributed by atoms with Gasteiger partial charge in [0.2, 0.25) is 0 Å². The molecule has 0 aliphatic rings. The van der Waals surface area contributed by atoms with Gasteiger partial charge >= 0.3 is 0 Å². The molecule has 0 radical (unpaired) electrons. The van der Waals surface area contributed by atoms with Gasteiger partial charge in [-0.05, 0) is 30.5 Å². The van der Waals surface area contributed by atoms with E-state index in [0.29, 0.717) is 5.92 Å². The molecule has 0 bridgehead atoms. The average molecular weight is 296 g/mol. The number of rotatable bonds is 2. The summed E-state index contributed by atoms with van der Waals surface area (Å²) in [6.45, 7) is 6.47. The first-order chi connectivity index (χ1) is 7.58. The topological polar surface area (TPSA) is 12.9 Å². The molecule has 84 valence electrons. The van der Waals surface area contributed by atoms with Crippen molar-refractivity contribution in [1.82, 2.24) is 4.98 Å². The largest absolute Gasteiger partial charge is 0.241 e. The second-order valence-electron chi connectivity index (χ2n) is 4.19. The number of aryl methyl sites for hydroxylation is 1. The Kier molecular flexibility index (Phi) is 3.45.